The summed E-state index contributed by atoms with van der Waals surface area (Å²) in [5.41, 5.74) is 1.35. The van der Waals surface area contributed by atoms with E-state index in [1.54, 1.807) is 24.4 Å². The van der Waals surface area contributed by atoms with Crippen LogP contribution < -0.4 is 10.0 Å². The molecular weight excluding hydrogens is 398 g/mol. The highest BCUT2D eigenvalue weighted by Gasteiger charge is 2.21. The number of thioether (sulfide) groups is 1. The summed E-state index contributed by atoms with van der Waals surface area (Å²) in [6.07, 6.45) is 1.74. The minimum absolute atomic E-state index is 0.118. The third-order valence-corrected chi connectivity index (χ3v) is 5.97. The van der Waals surface area contributed by atoms with Gasteiger partial charge in [0.15, 0.2) is 0 Å². The van der Waals surface area contributed by atoms with Gasteiger partial charge in [0.2, 0.25) is 10.0 Å². The maximum Gasteiger partial charge on any atom is 0.238 e. The van der Waals surface area contributed by atoms with Crippen LogP contribution in [0.4, 0.5) is 5.82 Å². The Morgan fingerprint density at radius 2 is 1.87 bits per heavy atom. The quantitative estimate of drug-likeness (QED) is 0.836. The van der Waals surface area contributed by atoms with Gasteiger partial charge in [-0.3, -0.25) is 0 Å². The average molecular weight is 414 g/mol. The number of benzene rings is 1. The molecule has 1 aromatic heterocycles. The number of halogens is 1. The molecule has 0 aliphatic carbocycles. The zero-order chi connectivity index (χ0) is 16.4. The predicted molar refractivity (Wildman–Crippen MR) is 98.3 cm³/mol. The van der Waals surface area contributed by atoms with Gasteiger partial charge in [0.05, 0.1) is 4.90 Å². The molecule has 0 amide bonds. The fourth-order valence-electron chi connectivity index (χ4n) is 2.59. The molecule has 23 heavy (non-hydrogen) atoms. The second kappa shape index (κ2) is 6.80. The van der Waals surface area contributed by atoms with Crippen LogP contribution in [0.2, 0.25) is 0 Å². The summed E-state index contributed by atoms with van der Waals surface area (Å²) in [6.45, 7) is 1.79. The van der Waals surface area contributed by atoms with Crippen molar-refractivity contribution in [1.29, 1.82) is 0 Å². The second-order valence-electron chi connectivity index (χ2n) is 5.17. The molecule has 8 heteroatoms. The zero-order valence-corrected chi connectivity index (χ0v) is 15.5. The molecule has 1 aromatic carbocycles. The molecule has 1 aliphatic heterocycles. The summed E-state index contributed by atoms with van der Waals surface area (Å²) in [5.74, 6) is 2.87. The molecule has 2 N–H and O–H groups in total. The van der Waals surface area contributed by atoms with Crippen LogP contribution in [-0.2, 0) is 10.0 Å². The number of nitrogens with two attached hydrogens (primary N) is 1. The summed E-state index contributed by atoms with van der Waals surface area (Å²) in [7, 11) is -3.81. The second-order valence-corrected chi connectivity index (χ2v) is 8.84. The first-order chi connectivity index (χ1) is 11.0. The van der Waals surface area contributed by atoms with Crippen LogP contribution in [0, 0.1) is 0 Å². The number of rotatable bonds is 3. The number of pyridine rings is 1. The average Bonchev–Trinajstić information content (AvgIpc) is 2.55. The Balaban J connectivity index is 2.18. The van der Waals surface area contributed by atoms with Crippen LogP contribution in [0.1, 0.15) is 0 Å². The van der Waals surface area contributed by atoms with Gasteiger partial charge in [-0.05, 0) is 28.1 Å². The topological polar surface area (TPSA) is 76.3 Å². The lowest BCUT2D eigenvalue weighted by molar-refractivity contribution is 0.598. The van der Waals surface area contributed by atoms with Gasteiger partial charge in [0.1, 0.15) is 5.82 Å². The van der Waals surface area contributed by atoms with E-state index < -0.39 is 10.0 Å². The molecule has 1 aliphatic rings. The SMILES string of the molecule is NS(=O)(=O)c1ccccc1-c1cc(Br)cnc1N1CCSCC1. The van der Waals surface area contributed by atoms with Gasteiger partial charge in [-0.25, -0.2) is 18.5 Å². The van der Waals surface area contributed by atoms with Gasteiger partial charge in [-0.2, -0.15) is 11.8 Å². The minimum Gasteiger partial charge on any atom is -0.354 e. The van der Waals surface area contributed by atoms with Gasteiger partial charge in [-0.1, -0.05) is 18.2 Å². The van der Waals surface area contributed by atoms with Crippen molar-refractivity contribution < 1.29 is 8.42 Å². The molecule has 0 atom stereocenters. The number of hydrogen-bond donors (Lipinski definition) is 1. The minimum atomic E-state index is -3.81. The maximum absolute atomic E-state index is 11.9. The molecular formula is C15H16BrN3O2S2. The van der Waals surface area contributed by atoms with Crippen LogP contribution in [0.15, 0.2) is 45.9 Å². The van der Waals surface area contributed by atoms with Gasteiger partial charge in [0.25, 0.3) is 0 Å². The van der Waals surface area contributed by atoms with Gasteiger partial charge in [0, 0.05) is 46.4 Å². The zero-order valence-electron chi connectivity index (χ0n) is 12.3. The van der Waals surface area contributed by atoms with Crippen LogP contribution >= 0.6 is 27.7 Å². The summed E-state index contributed by atoms with van der Waals surface area (Å²) in [4.78, 5) is 6.85. The molecule has 3 rings (SSSR count). The van der Waals surface area contributed by atoms with Crippen molar-refractivity contribution in [3.05, 3.63) is 41.0 Å². The highest BCUT2D eigenvalue weighted by molar-refractivity contribution is 9.10. The van der Waals surface area contributed by atoms with E-state index >= 15 is 0 Å². The van der Waals surface area contributed by atoms with Crippen LogP contribution in [0.25, 0.3) is 11.1 Å². The number of anilines is 1. The Kier molecular flexibility index (Phi) is 4.96. The normalized spacial score (nSPS) is 15.7. The van der Waals surface area contributed by atoms with E-state index in [9.17, 15) is 8.42 Å². The van der Waals surface area contributed by atoms with E-state index in [4.69, 9.17) is 5.14 Å². The number of aromatic nitrogens is 1. The van der Waals surface area contributed by atoms with Gasteiger partial charge in [-0.15, -0.1) is 0 Å². The Labute approximate surface area is 148 Å². The molecule has 1 saturated heterocycles. The molecule has 2 heterocycles. The maximum atomic E-state index is 11.9. The third kappa shape index (κ3) is 3.71. The first kappa shape index (κ1) is 16.8. The van der Waals surface area contributed by atoms with Crippen LogP contribution in [0.3, 0.4) is 0 Å². The van der Waals surface area contributed by atoms with Gasteiger partial charge >= 0.3 is 0 Å². The third-order valence-electron chi connectivity index (χ3n) is 3.63. The first-order valence-electron chi connectivity index (χ1n) is 7.07. The molecule has 0 radical (unpaired) electrons. The van der Waals surface area contributed by atoms with Crippen molar-refractivity contribution in [3.8, 4) is 11.1 Å². The Bertz CT molecular complexity index is 821. The van der Waals surface area contributed by atoms with Gasteiger partial charge < -0.3 is 4.90 Å². The van der Waals surface area contributed by atoms with Crippen molar-refractivity contribution in [3.63, 3.8) is 0 Å². The number of nitrogens with zero attached hydrogens (tertiary/aromatic N) is 2. The highest BCUT2D eigenvalue weighted by atomic mass is 79.9. The van der Waals surface area contributed by atoms with E-state index in [-0.39, 0.29) is 4.90 Å². The first-order valence-corrected chi connectivity index (χ1v) is 10.6. The van der Waals surface area contributed by atoms with Crippen LogP contribution in [-0.4, -0.2) is 38.0 Å². The number of primary sulfonamides is 1. The molecule has 0 saturated carbocycles. The van der Waals surface area contributed by atoms with Crippen molar-refractivity contribution in [1.82, 2.24) is 4.98 Å². The summed E-state index contributed by atoms with van der Waals surface area (Å²) in [5, 5.41) is 5.38. The van der Waals surface area contributed by atoms with Crippen molar-refractivity contribution in [2.75, 3.05) is 29.5 Å². The lowest BCUT2D eigenvalue weighted by Crippen LogP contribution is -2.33. The Hall–Kier alpha value is -1.09. The predicted octanol–water partition coefficient (Wildman–Crippen LogP) is 2.71. The fraction of sp³-hybridized carbons (Fsp3) is 0.267. The van der Waals surface area contributed by atoms with E-state index in [1.165, 1.54) is 6.07 Å². The van der Waals surface area contributed by atoms with E-state index in [1.807, 2.05) is 17.8 Å². The van der Waals surface area contributed by atoms with E-state index in [0.717, 1.165) is 40.4 Å². The molecule has 2 aromatic rings. The van der Waals surface area contributed by atoms with Crippen molar-refractivity contribution in [2.45, 2.75) is 4.90 Å². The van der Waals surface area contributed by atoms with E-state index in [0.29, 0.717) is 5.56 Å². The molecule has 0 spiro atoms. The molecule has 0 bridgehead atoms. The molecule has 5 nitrogen and oxygen atoms in total. The number of hydrogen-bond acceptors (Lipinski definition) is 5. The summed E-state index contributed by atoms with van der Waals surface area (Å²) in [6, 6.07) is 8.67. The largest absolute Gasteiger partial charge is 0.354 e. The summed E-state index contributed by atoms with van der Waals surface area (Å²) < 4.78 is 24.7. The number of sulfonamides is 1. The van der Waals surface area contributed by atoms with Crippen LogP contribution in [0.5, 0.6) is 0 Å². The molecule has 122 valence electrons. The van der Waals surface area contributed by atoms with E-state index in [2.05, 4.69) is 25.8 Å². The highest BCUT2D eigenvalue weighted by Crippen LogP contribution is 2.35. The monoisotopic (exact) mass is 413 g/mol. The Morgan fingerprint density at radius 1 is 1.17 bits per heavy atom. The Morgan fingerprint density at radius 3 is 2.57 bits per heavy atom. The molecule has 1 fully saturated rings. The lowest BCUT2D eigenvalue weighted by Gasteiger charge is -2.29. The molecule has 0 unspecified atom stereocenters. The standard InChI is InChI=1S/C15H16BrN3O2S2/c16-11-9-13(12-3-1-2-4-14(12)23(17,20)21)15(18-10-11)19-5-7-22-8-6-19/h1-4,9-10H,5-8H2,(H2,17,20,21). The van der Waals surface area contributed by atoms with Crippen molar-refractivity contribution in [2.24, 2.45) is 5.14 Å². The fourth-order valence-corrected chi connectivity index (χ4v) is 4.58. The summed E-state index contributed by atoms with van der Waals surface area (Å²) >= 11 is 5.34. The van der Waals surface area contributed by atoms with Crippen molar-refractivity contribution >= 4 is 43.5 Å². The smallest absolute Gasteiger partial charge is 0.238 e. The lowest BCUT2D eigenvalue weighted by atomic mass is 10.1.